The van der Waals surface area contributed by atoms with Crippen LogP contribution in [0.3, 0.4) is 0 Å². The third-order valence-corrected chi connectivity index (χ3v) is 4.97. The number of nitro benzene ring substituents is 1. The highest BCUT2D eigenvalue weighted by Gasteiger charge is 2.11. The van der Waals surface area contributed by atoms with E-state index in [0.29, 0.717) is 19.0 Å². The van der Waals surface area contributed by atoms with Gasteiger partial charge in [0.15, 0.2) is 5.96 Å². The van der Waals surface area contributed by atoms with Crippen LogP contribution in [0.1, 0.15) is 36.5 Å². The molecule has 2 aromatic carbocycles. The number of guanidine groups is 1. The first-order valence-corrected chi connectivity index (χ1v) is 10.2. The Kier molecular flexibility index (Phi) is 7.58. The van der Waals surface area contributed by atoms with Gasteiger partial charge in [-0.25, -0.2) is 4.99 Å². The van der Waals surface area contributed by atoms with Gasteiger partial charge in [-0.15, -0.1) is 0 Å². The molecule has 29 heavy (non-hydrogen) atoms. The molecule has 1 aliphatic heterocycles. The Morgan fingerprint density at radius 3 is 2.48 bits per heavy atom. The van der Waals surface area contributed by atoms with Crippen molar-refractivity contribution in [2.45, 2.75) is 39.4 Å². The molecule has 2 N–H and O–H groups in total. The summed E-state index contributed by atoms with van der Waals surface area (Å²) >= 11 is 0. The summed E-state index contributed by atoms with van der Waals surface area (Å²) in [5.74, 6) is 0.695. The Hall–Kier alpha value is -2.93. The fraction of sp³-hybridized carbons (Fsp3) is 0.409. The fourth-order valence-electron chi connectivity index (χ4n) is 3.43. The van der Waals surface area contributed by atoms with Crippen molar-refractivity contribution in [2.75, 3.05) is 19.6 Å². The lowest BCUT2D eigenvalue weighted by Crippen LogP contribution is -2.36. The van der Waals surface area contributed by atoms with Crippen LogP contribution in [-0.2, 0) is 19.6 Å². The van der Waals surface area contributed by atoms with Crippen LogP contribution in [0.5, 0.6) is 0 Å². The van der Waals surface area contributed by atoms with Crippen LogP contribution >= 0.6 is 0 Å². The summed E-state index contributed by atoms with van der Waals surface area (Å²) in [7, 11) is 0. The third-order valence-electron chi connectivity index (χ3n) is 4.97. The molecule has 7 nitrogen and oxygen atoms in total. The Morgan fingerprint density at radius 2 is 1.79 bits per heavy atom. The second kappa shape index (κ2) is 10.6. The molecule has 1 saturated heterocycles. The molecule has 0 spiro atoms. The second-order valence-electron chi connectivity index (χ2n) is 7.28. The monoisotopic (exact) mass is 395 g/mol. The number of nitrogens with one attached hydrogen (secondary N) is 2. The van der Waals surface area contributed by atoms with E-state index in [-0.39, 0.29) is 10.6 Å². The smallest absolute Gasteiger partial charge is 0.269 e. The summed E-state index contributed by atoms with van der Waals surface area (Å²) in [6.07, 6.45) is 2.62. The Labute approximate surface area is 172 Å². The summed E-state index contributed by atoms with van der Waals surface area (Å²) in [5.41, 5.74) is 3.44. The predicted molar refractivity (Wildman–Crippen MR) is 116 cm³/mol. The van der Waals surface area contributed by atoms with Gasteiger partial charge in [-0.2, -0.15) is 0 Å². The van der Waals surface area contributed by atoms with Crippen LogP contribution in [0.2, 0.25) is 0 Å². The molecule has 0 bridgehead atoms. The van der Waals surface area contributed by atoms with Crippen molar-refractivity contribution in [2.24, 2.45) is 4.99 Å². The number of hydrogen-bond donors (Lipinski definition) is 2. The molecular weight excluding hydrogens is 366 g/mol. The minimum atomic E-state index is -0.385. The predicted octanol–water partition coefficient (Wildman–Crippen LogP) is 3.45. The van der Waals surface area contributed by atoms with E-state index in [9.17, 15) is 10.1 Å². The van der Waals surface area contributed by atoms with Crippen LogP contribution in [0, 0.1) is 10.1 Å². The molecule has 2 aromatic rings. The van der Waals surface area contributed by atoms with Crippen molar-refractivity contribution in [1.82, 2.24) is 15.5 Å². The molecule has 0 aliphatic carbocycles. The maximum atomic E-state index is 10.9. The average Bonchev–Trinajstić information content (AvgIpc) is 3.24. The molecule has 1 fully saturated rings. The Bertz CT molecular complexity index is 829. The highest BCUT2D eigenvalue weighted by Crippen LogP contribution is 2.14. The van der Waals surface area contributed by atoms with E-state index in [4.69, 9.17) is 0 Å². The Morgan fingerprint density at radius 1 is 1.07 bits per heavy atom. The van der Waals surface area contributed by atoms with Crippen LogP contribution < -0.4 is 10.6 Å². The number of nitro groups is 1. The van der Waals surface area contributed by atoms with Gasteiger partial charge in [0.1, 0.15) is 0 Å². The highest BCUT2D eigenvalue weighted by atomic mass is 16.6. The van der Waals surface area contributed by atoms with Crippen molar-refractivity contribution >= 4 is 11.6 Å². The minimum Gasteiger partial charge on any atom is -0.357 e. The zero-order valence-corrected chi connectivity index (χ0v) is 16.9. The van der Waals surface area contributed by atoms with Gasteiger partial charge in [-0.1, -0.05) is 36.4 Å². The molecule has 3 rings (SSSR count). The maximum Gasteiger partial charge on any atom is 0.269 e. The van der Waals surface area contributed by atoms with Gasteiger partial charge in [0.25, 0.3) is 5.69 Å². The van der Waals surface area contributed by atoms with Crippen LogP contribution in [0.4, 0.5) is 5.69 Å². The highest BCUT2D eigenvalue weighted by molar-refractivity contribution is 5.79. The van der Waals surface area contributed by atoms with E-state index >= 15 is 0 Å². The van der Waals surface area contributed by atoms with Crippen LogP contribution in [-0.4, -0.2) is 35.4 Å². The number of hydrogen-bond acceptors (Lipinski definition) is 4. The van der Waals surface area contributed by atoms with Crippen molar-refractivity contribution in [3.8, 4) is 0 Å². The minimum absolute atomic E-state index is 0.0877. The van der Waals surface area contributed by atoms with Crippen molar-refractivity contribution in [1.29, 1.82) is 0 Å². The zero-order valence-electron chi connectivity index (χ0n) is 16.9. The molecule has 1 heterocycles. The SMILES string of the molecule is CCNC(=NCc1cccc([N+](=O)[O-])c1)NCc1ccc(CN2CCCC2)cc1. The van der Waals surface area contributed by atoms with Gasteiger partial charge in [0.05, 0.1) is 11.5 Å². The van der Waals surface area contributed by atoms with Crippen LogP contribution in [0.15, 0.2) is 53.5 Å². The molecule has 0 saturated carbocycles. The van der Waals surface area contributed by atoms with E-state index in [1.54, 1.807) is 12.1 Å². The molecule has 0 unspecified atom stereocenters. The first-order valence-electron chi connectivity index (χ1n) is 10.2. The van der Waals surface area contributed by atoms with Gasteiger partial charge in [-0.3, -0.25) is 15.0 Å². The first kappa shape index (κ1) is 20.8. The topological polar surface area (TPSA) is 82.8 Å². The van der Waals surface area contributed by atoms with Gasteiger partial charge in [0, 0.05) is 31.8 Å². The molecule has 1 aliphatic rings. The normalized spacial score (nSPS) is 14.7. The summed E-state index contributed by atoms with van der Waals surface area (Å²) in [5, 5.41) is 17.5. The summed E-state index contributed by atoms with van der Waals surface area (Å²) in [6.45, 7) is 7.25. The van der Waals surface area contributed by atoms with Gasteiger partial charge < -0.3 is 10.6 Å². The van der Waals surface area contributed by atoms with E-state index < -0.39 is 0 Å². The van der Waals surface area contributed by atoms with Crippen molar-refractivity contribution in [3.05, 3.63) is 75.3 Å². The first-order chi connectivity index (χ1) is 14.1. The van der Waals surface area contributed by atoms with Gasteiger partial charge >= 0.3 is 0 Å². The Balaban J connectivity index is 1.55. The number of rotatable bonds is 8. The fourth-order valence-corrected chi connectivity index (χ4v) is 3.43. The van der Waals surface area contributed by atoms with E-state index in [2.05, 4.69) is 44.8 Å². The summed E-state index contributed by atoms with van der Waals surface area (Å²) in [6, 6.07) is 15.3. The van der Waals surface area contributed by atoms with E-state index in [1.165, 1.54) is 43.1 Å². The lowest BCUT2D eigenvalue weighted by Gasteiger charge is -2.15. The number of benzene rings is 2. The van der Waals surface area contributed by atoms with E-state index in [0.717, 1.165) is 18.7 Å². The van der Waals surface area contributed by atoms with Gasteiger partial charge in [-0.05, 0) is 49.5 Å². The number of non-ortho nitro benzene ring substituents is 1. The molecule has 0 radical (unpaired) electrons. The van der Waals surface area contributed by atoms with Crippen molar-refractivity contribution in [3.63, 3.8) is 0 Å². The zero-order chi connectivity index (χ0) is 20.5. The quantitative estimate of drug-likeness (QED) is 0.310. The third kappa shape index (κ3) is 6.57. The van der Waals surface area contributed by atoms with E-state index in [1.807, 2.05) is 13.0 Å². The number of likely N-dealkylation sites (tertiary alicyclic amines) is 1. The molecular formula is C22H29N5O2. The second-order valence-corrected chi connectivity index (χ2v) is 7.28. The maximum absolute atomic E-state index is 10.9. The van der Waals surface area contributed by atoms with Crippen molar-refractivity contribution < 1.29 is 4.92 Å². The largest absolute Gasteiger partial charge is 0.357 e. The summed E-state index contributed by atoms with van der Waals surface area (Å²) < 4.78 is 0. The number of aliphatic imine (C=N–C) groups is 1. The average molecular weight is 396 g/mol. The molecule has 7 heteroatoms. The number of nitrogens with zero attached hydrogens (tertiary/aromatic N) is 3. The lowest BCUT2D eigenvalue weighted by atomic mass is 10.1. The molecule has 0 amide bonds. The summed E-state index contributed by atoms with van der Waals surface area (Å²) in [4.78, 5) is 17.6. The standard InChI is InChI=1S/C22H29N5O2/c1-2-23-22(25-16-20-6-5-7-21(14-20)27(28)29)24-15-18-8-10-19(11-9-18)17-26-12-3-4-13-26/h5-11,14H,2-4,12-13,15-17H2,1H3,(H2,23,24,25). The van der Waals surface area contributed by atoms with Crippen LogP contribution in [0.25, 0.3) is 0 Å². The lowest BCUT2D eigenvalue weighted by molar-refractivity contribution is -0.384. The molecule has 0 aromatic heterocycles. The molecule has 0 atom stereocenters. The molecule has 154 valence electrons. The van der Waals surface area contributed by atoms with Gasteiger partial charge in [0.2, 0.25) is 0 Å².